The van der Waals surface area contributed by atoms with Crippen LogP contribution in [0.2, 0.25) is 0 Å². The first-order valence-electron chi connectivity index (χ1n) is 7.88. The Morgan fingerprint density at radius 1 is 1.15 bits per heavy atom. The van der Waals surface area contributed by atoms with E-state index in [0.29, 0.717) is 18.1 Å². The summed E-state index contributed by atoms with van der Waals surface area (Å²) in [5.74, 6) is 2.40. The van der Waals surface area contributed by atoms with E-state index in [2.05, 4.69) is 26.7 Å². The maximum absolute atomic E-state index is 5.65. The van der Waals surface area contributed by atoms with Crippen LogP contribution in [0.25, 0.3) is 0 Å². The molecule has 1 aliphatic heterocycles. The standard InChI is InChI=1S/C15H22N4O/c1-2-12(20-7-1)9-16-14-8-13(10-3-4-10)18-15(19-14)17-11-5-6-11/h8,10-12H,1-7,9H2,(H2,16,17,18,19)/t12-/m0/s1. The summed E-state index contributed by atoms with van der Waals surface area (Å²) in [6.07, 6.45) is 7.70. The minimum atomic E-state index is 0.342. The Bertz CT molecular complexity index is 479. The Morgan fingerprint density at radius 3 is 2.75 bits per heavy atom. The van der Waals surface area contributed by atoms with Gasteiger partial charge in [-0.25, -0.2) is 4.98 Å². The van der Waals surface area contributed by atoms with Crippen molar-refractivity contribution in [1.82, 2.24) is 9.97 Å². The maximum Gasteiger partial charge on any atom is 0.225 e. The Hall–Kier alpha value is -1.36. The number of aromatic nitrogens is 2. The highest BCUT2D eigenvalue weighted by Crippen LogP contribution is 2.40. The van der Waals surface area contributed by atoms with Gasteiger partial charge in [-0.1, -0.05) is 0 Å². The van der Waals surface area contributed by atoms with Gasteiger partial charge in [-0.3, -0.25) is 0 Å². The summed E-state index contributed by atoms with van der Waals surface area (Å²) in [5, 5.41) is 6.84. The molecule has 108 valence electrons. The third kappa shape index (κ3) is 3.03. The Kier molecular flexibility index (Phi) is 3.22. The predicted molar refractivity (Wildman–Crippen MR) is 78.1 cm³/mol. The fraction of sp³-hybridized carbons (Fsp3) is 0.733. The first kappa shape index (κ1) is 12.4. The van der Waals surface area contributed by atoms with Gasteiger partial charge in [-0.15, -0.1) is 0 Å². The molecule has 1 atom stereocenters. The number of hydrogen-bond donors (Lipinski definition) is 2. The number of anilines is 2. The molecule has 1 aromatic rings. The van der Waals surface area contributed by atoms with Gasteiger partial charge in [-0.2, -0.15) is 4.98 Å². The van der Waals surface area contributed by atoms with Gasteiger partial charge in [0.05, 0.1) is 11.8 Å². The van der Waals surface area contributed by atoms with E-state index in [1.807, 2.05) is 0 Å². The monoisotopic (exact) mass is 274 g/mol. The molecular formula is C15H22N4O. The number of ether oxygens (including phenoxy) is 1. The van der Waals surface area contributed by atoms with Crippen LogP contribution in [0.3, 0.4) is 0 Å². The van der Waals surface area contributed by atoms with Gasteiger partial charge in [-0.05, 0) is 38.5 Å². The molecule has 0 amide bonds. The van der Waals surface area contributed by atoms with E-state index >= 15 is 0 Å². The van der Waals surface area contributed by atoms with E-state index in [1.165, 1.54) is 37.8 Å². The van der Waals surface area contributed by atoms with Gasteiger partial charge in [0, 0.05) is 31.2 Å². The average molecular weight is 274 g/mol. The fourth-order valence-corrected chi connectivity index (χ4v) is 2.64. The van der Waals surface area contributed by atoms with Crippen molar-refractivity contribution in [3.8, 4) is 0 Å². The lowest BCUT2D eigenvalue weighted by molar-refractivity contribution is 0.120. The van der Waals surface area contributed by atoms with E-state index < -0.39 is 0 Å². The summed E-state index contributed by atoms with van der Waals surface area (Å²) >= 11 is 0. The van der Waals surface area contributed by atoms with Gasteiger partial charge < -0.3 is 15.4 Å². The summed E-state index contributed by atoms with van der Waals surface area (Å²) in [7, 11) is 0. The molecule has 2 N–H and O–H groups in total. The van der Waals surface area contributed by atoms with Crippen LogP contribution in [0.4, 0.5) is 11.8 Å². The zero-order valence-corrected chi connectivity index (χ0v) is 11.8. The molecule has 0 bridgehead atoms. The van der Waals surface area contributed by atoms with Crippen molar-refractivity contribution in [2.75, 3.05) is 23.8 Å². The third-order valence-corrected chi connectivity index (χ3v) is 4.19. The quantitative estimate of drug-likeness (QED) is 0.834. The van der Waals surface area contributed by atoms with Crippen LogP contribution in [0.15, 0.2) is 6.07 Å². The summed E-state index contributed by atoms with van der Waals surface area (Å²) in [5.41, 5.74) is 1.19. The Balaban J connectivity index is 1.45. The molecule has 1 saturated heterocycles. The highest BCUT2D eigenvalue weighted by atomic mass is 16.5. The van der Waals surface area contributed by atoms with E-state index in [9.17, 15) is 0 Å². The molecule has 4 rings (SSSR count). The molecule has 0 unspecified atom stereocenters. The van der Waals surface area contributed by atoms with Crippen LogP contribution in [0.5, 0.6) is 0 Å². The van der Waals surface area contributed by atoms with Crippen LogP contribution in [-0.4, -0.2) is 35.3 Å². The Morgan fingerprint density at radius 2 is 2.05 bits per heavy atom. The summed E-state index contributed by atoms with van der Waals surface area (Å²) in [4.78, 5) is 9.26. The van der Waals surface area contributed by atoms with E-state index in [1.54, 1.807) is 0 Å². The van der Waals surface area contributed by atoms with Crippen LogP contribution in [0, 0.1) is 0 Å². The lowest BCUT2D eigenvalue weighted by Gasteiger charge is -2.13. The van der Waals surface area contributed by atoms with E-state index in [-0.39, 0.29) is 0 Å². The number of nitrogens with one attached hydrogen (secondary N) is 2. The molecule has 2 saturated carbocycles. The van der Waals surface area contributed by atoms with Crippen molar-refractivity contribution in [3.63, 3.8) is 0 Å². The average Bonchev–Trinajstić information content (AvgIpc) is 3.37. The lowest BCUT2D eigenvalue weighted by atomic mass is 10.2. The van der Waals surface area contributed by atoms with Crippen molar-refractivity contribution in [2.24, 2.45) is 0 Å². The van der Waals surface area contributed by atoms with Crippen LogP contribution in [-0.2, 0) is 4.74 Å². The second kappa shape index (κ2) is 5.20. The second-order valence-corrected chi connectivity index (χ2v) is 6.21. The predicted octanol–water partition coefficient (Wildman–Crippen LogP) is 2.52. The molecule has 0 radical (unpaired) electrons. The number of hydrogen-bond acceptors (Lipinski definition) is 5. The topological polar surface area (TPSA) is 59.1 Å². The van der Waals surface area contributed by atoms with Crippen LogP contribution < -0.4 is 10.6 Å². The molecule has 1 aromatic heterocycles. The second-order valence-electron chi connectivity index (χ2n) is 6.21. The summed E-state index contributed by atoms with van der Waals surface area (Å²) in [6, 6.07) is 2.71. The molecule has 3 aliphatic rings. The molecule has 5 heteroatoms. The minimum absolute atomic E-state index is 0.342. The Labute approximate surface area is 119 Å². The lowest BCUT2D eigenvalue weighted by Crippen LogP contribution is -2.19. The van der Waals surface area contributed by atoms with Gasteiger partial charge in [0.1, 0.15) is 5.82 Å². The molecule has 0 spiro atoms. The zero-order valence-electron chi connectivity index (χ0n) is 11.8. The summed E-state index contributed by atoms with van der Waals surface area (Å²) in [6.45, 7) is 1.75. The van der Waals surface area contributed by atoms with Crippen molar-refractivity contribution >= 4 is 11.8 Å². The molecule has 0 aromatic carbocycles. The van der Waals surface area contributed by atoms with E-state index in [4.69, 9.17) is 4.74 Å². The SMILES string of the molecule is c1c(NC[C@@H]2CCCO2)nc(NC2CC2)nc1C1CC1. The first-order valence-corrected chi connectivity index (χ1v) is 7.88. The van der Waals surface area contributed by atoms with Crippen molar-refractivity contribution in [2.45, 2.75) is 56.6 Å². The summed E-state index contributed by atoms with van der Waals surface area (Å²) < 4.78 is 5.65. The smallest absolute Gasteiger partial charge is 0.225 e. The van der Waals surface area contributed by atoms with Gasteiger partial charge >= 0.3 is 0 Å². The number of rotatable bonds is 6. The molecule has 20 heavy (non-hydrogen) atoms. The largest absolute Gasteiger partial charge is 0.376 e. The zero-order chi connectivity index (χ0) is 13.4. The van der Waals surface area contributed by atoms with Crippen LogP contribution >= 0.6 is 0 Å². The highest BCUT2D eigenvalue weighted by Gasteiger charge is 2.28. The van der Waals surface area contributed by atoms with Crippen LogP contribution in [0.1, 0.15) is 50.1 Å². The minimum Gasteiger partial charge on any atom is -0.376 e. The van der Waals surface area contributed by atoms with Gasteiger partial charge in [0.15, 0.2) is 0 Å². The van der Waals surface area contributed by atoms with E-state index in [0.717, 1.165) is 31.3 Å². The van der Waals surface area contributed by atoms with Crippen molar-refractivity contribution < 1.29 is 4.74 Å². The highest BCUT2D eigenvalue weighted by molar-refractivity contribution is 5.45. The molecular weight excluding hydrogens is 252 g/mol. The fourth-order valence-electron chi connectivity index (χ4n) is 2.64. The molecule has 2 aliphatic carbocycles. The molecule has 3 fully saturated rings. The number of nitrogens with zero attached hydrogens (tertiary/aromatic N) is 2. The molecule has 5 nitrogen and oxygen atoms in total. The first-order chi connectivity index (χ1) is 9.87. The third-order valence-electron chi connectivity index (χ3n) is 4.19. The maximum atomic E-state index is 5.65. The van der Waals surface area contributed by atoms with Gasteiger partial charge in [0.25, 0.3) is 0 Å². The van der Waals surface area contributed by atoms with Crippen molar-refractivity contribution in [1.29, 1.82) is 0 Å². The van der Waals surface area contributed by atoms with Crippen molar-refractivity contribution in [3.05, 3.63) is 11.8 Å². The normalized spacial score (nSPS) is 25.7. The van der Waals surface area contributed by atoms with Gasteiger partial charge in [0.2, 0.25) is 5.95 Å². The molecule has 2 heterocycles.